The second-order valence-corrected chi connectivity index (χ2v) is 13.3. The summed E-state index contributed by atoms with van der Waals surface area (Å²) in [7, 11) is 0. The molecule has 0 unspecified atom stereocenters. The topological polar surface area (TPSA) is 9.86 Å². The van der Waals surface area contributed by atoms with E-state index in [0.717, 1.165) is 4.57 Å². The van der Waals surface area contributed by atoms with E-state index >= 15 is 0 Å². The largest absolute Gasteiger partial charge is 0.309 e. The van der Waals surface area contributed by atoms with Crippen molar-refractivity contribution in [1.82, 2.24) is 9.13 Å². The normalized spacial score (nSPS) is 20.2. The van der Waals surface area contributed by atoms with E-state index in [4.69, 9.17) is 21.9 Å². The van der Waals surface area contributed by atoms with Gasteiger partial charge >= 0.3 is 0 Å². The van der Waals surface area contributed by atoms with E-state index in [9.17, 15) is 24.7 Å². The molecule has 3 aromatic heterocycles. The van der Waals surface area contributed by atoms with Gasteiger partial charge in [0.15, 0.2) is 0 Å². The summed E-state index contributed by atoms with van der Waals surface area (Å²) in [5.41, 5.74) is -9.60. The van der Waals surface area contributed by atoms with Gasteiger partial charge in [-0.25, -0.2) is 0 Å². The Hall–Kier alpha value is -7.20. The van der Waals surface area contributed by atoms with Gasteiger partial charge in [0.25, 0.3) is 0 Å². The number of hydrogen-bond acceptors (Lipinski definition) is 1. The van der Waals surface area contributed by atoms with Crippen molar-refractivity contribution in [1.29, 1.82) is 0 Å². The summed E-state index contributed by atoms with van der Waals surface area (Å²) in [5.74, 6) is 0. The lowest BCUT2D eigenvalue weighted by Crippen LogP contribution is -1.97. The smallest absolute Gasteiger partial charge is 0.0660 e. The number of rotatable bonds is 5. The average molecular weight is 777 g/mol. The molecule has 0 N–H and O–H groups in total. The maximum Gasteiger partial charge on any atom is 0.0660 e. The third kappa shape index (κ3) is 5.03. The van der Waals surface area contributed by atoms with Crippen LogP contribution in [0.3, 0.4) is 0 Å². The molecule has 9 aromatic carbocycles. The quantitative estimate of drug-likeness (QED) is 0.165. The minimum atomic E-state index is -1.14. The molecule has 3 heteroatoms. The Morgan fingerprint density at radius 2 is 0.807 bits per heavy atom. The maximum atomic E-state index is 10.1. The molecule has 12 aromatic rings. The summed E-state index contributed by atoms with van der Waals surface area (Å²) in [6, 6.07) is -32.4. The van der Waals surface area contributed by atoms with Gasteiger partial charge in [0.1, 0.15) is 0 Å². The molecule has 0 saturated carbocycles. The van der Waals surface area contributed by atoms with Crippen molar-refractivity contribution in [3.05, 3.63) is 205 Å². The number of benzene rings is 9. The molecular formula is C54H34N2S. The summed E-state index contributed by atoms with van der Waals surface area (Å²) >= 11 is 0.566. The van der Waals surface area contributed by atoms with Gasteiger partial charge in [-0.15, -0.1) is 11.3 Å². The Bertz CT molecular complexity index is 5440. The first-order valence-electron chi connectivity index (χ1n) is 33.7. The van der Waals surface area contributed by atoms with Crippen molar-refractivity contribution in [2.75, 3.05) is 0 Å². The van der Waals surface area contributed by atoms with E-state index in [2.05, 4.69) is 0 Å². The number of para-hydroxylation sites is 2. The second-order valence-electron chi connectivity index (χ2n) is 12.3. The Kier molecular flexibility index (Phi) is 2.93. The molecule has 3 heterocycles. The fourth-order valence-electron chi connectivity index (χ4n) is 6.75. The van der Waals surface area contributed by atoms with E-state index in [0.29, 0.717) is 15.9 Å². The summed E-state index contributed by atoms with van der Waals surface area (Å²) < 4.78 is 311. The van der Waals surface area contributed by atoms with Crippen LogP contribution in [0.25, 0.3) is 109 Å². The molecule has 266 valence electrons. The van der Waals surface area contributed by atoms with Gasteiger partial charge in [0.05, 0.1) is 74.4 Å². The molecular weight excluding hydrogens is 709 g/mol. The first-order chi connectivity index (χ1) is 42.4. The van der Waals surface area contributed by atoms with Gasteiger partial charge in [-0.2, -0.15) is 0 Å². The average Bonchev–Trinajstić information content (AvgIpc) is 1.54. The highest BCUT2D eigenvalue weighted by molar-refractivity contribution is 7.25. The van der Waals surface area contributed by atoms with Crippen molar-refractivity contribution in [2.45, 2.75) is 0 Å². The van der Waals surface area contributed by atoms with Crippen molar-refractivity contribution >= 4 is 75.1 Å². The zero-order chi connectivity index (χ0) is 67.0. The molecule has 0 spiro atoms. The van der Waals surface area contributed by atoms with Gasteiger partial charge in [-0.3, -0.25) is 0 Å². The Morgan fingerprint density at radius 1 is 0.316 bits per heavy atom. The summed E-state index contributed by atoms with van der Waals surface area (Å²) in [6.45, 7) is 0. The number of nitrogens with zero attached hydrogens (tertiary/aromatic N) is 2. The van der Waals surface area contributed by atoms with Crippen LogP contribution in [0.5, 0.6) is 0 Å². The number of fused-ring (bicyclic) bond motifs is 9. The van der Waals surface area contributed by atoms with E-state index in [1.807, 2.05) is 0 Å². The SMILES string of the molecule is [2H]c1c([2H])c([2H])c(-c2c([2H])c([2H])c(-n3c4c([2H])c([2H])c([2H])c([2H])c4c4c([2H])c(-c5c([2H])c([2H])c6c(c5[2H])c5c([2H])c([2H])c([2H])c([2H])c5n6-c5c(-c6c([2H])c([2H])c([2H])c([2H])c6[2H])c([2H])c6c(sc7c([2H])c([2H])c([2H])c([2H])c76)c5[2H])c([2H])c([2H])c43)c([2H])c2[2H])c([2H])c1[2H]. The lowest BCUT2D eigenvalue weighted by atomic mass is 9.99. The molecule has 0 amide bonds. The number of thiophene rings is 1. The van der Waals surface area contributed by atoms with Crippen LogP contribution in [-0.4, -0.2) is 9.13 Å². The summed E-state index contributed by atoms with van der Waals surface area (Å²) in [4.78, 5) is 0. The first-order valence-corrected chi connectivity index (χ1v) is 17.6. The van der Waals surface area contributed by atoms with E-state index < -0.39 is 294 Å². The van der Waals surface area contributed by atoms with E-state index in [1.54, 1.807) is 0 Å². The molecule has 2 nitrogen and oxygen atoms in total. The number of aromatic nitrogens is 2. The van der Waals surface area contributed by atoms with Crippen molar-refractivity contribution in [3.8, 4) is 44.8 Å². The third-order valence-electron chi connectivity index (χ3n) is 9.18. The molecule has 0 atom stereocenters. The molecule has 0 radical (unpaired) electrons. The fourth-order valence-corrected chi connectivity index (χ4v) is 7.71. The van der Waals surface area contributed by atoms with Crippen molar-refractivity contribution in [3.63, 3.8) is 0 Å². The number of hydrogen-bond donors (Lipinski definition) is 0. The first kappa shape index (κ1) is 13.2. The minimum Gasteiger partial charge on any atom is -0.309 e. The van der Waals surface area contributed by atoms with E-state index in [1.165, 1.54) is 0 Å². The van der Waals surface area contributed by atoms with Crippen LogP contribution in [0.1, 0.15) is 46.6 Å². The standard InChI is InChI=1S/C54H34N2S/c1-3-13-35(14-4-1)36-23-27-40(28-24-36)55-48-20-10-7-17-41(48)45-31-38(25-29-50(45)55)39-26-30-51-46(32-39)42-18-8-11-21-49(42)56(51)52-34-54-47(43-19-9-12-22-53(43)57-54)33-44(52)37-15-5-2-6-16-37/h1-34H/i1D,2D,3D,4D,5D,6D,7D,8D,9D,10D,11D,12D,13D,14D,15D,16D,17D,18D,19D,20D,21D,22D,23D,24D,25D,26D,27D,28D,29D,30D,31D,32D,33D,34D. The molecule has 0 fully saturated rings. The van der Waals surface area contributed by atoms with Gasteiger partial charge in [0, 0.05) is 53.0 Å². The third-order valence-corrected chi connectivity index (χ3v) is 10.2. The molecule has 0 bridgehead atoms. The van der Waals surface area contributed by atoms with Crippen molar-refractivity contribution < 1.29 is 46.6 Å². The molecule has 12 rings (SSSR count). The predicted molar refractivity (Wildman–Crippen MR) is 244 cm³/mol. The highest BCUT2D eigenvalue weighted by Crippen LogP contribution is 2.43. The molecule has 0 aliphatic carbocycles. The zero-order valence-corrected chi connectivity index (χ0v) is 29.1. The van der Waals surface area contributed by atoms with E-state index in [-0.39, 0.29) is 20.2 Å². The molecule has 0 aliphatic rings. The predicted octanol–water partition coefficient (Wildman–Crippen LogP) is 15.2. The Morgan fingerprint density at radius 3 is 1.47 bits per heavy atom. The molecule has 0 saturated heterocycles. The van der Waals surface area contributed by atoms with Gasteiger partial charge < -0.3 is 9.13 Å². The molecule has 57 heavy (non-hydrogen) atoms. The van der Waals surface area contributed by atoms with Crippen LogP contribution < -0.4 is 0 Å². The van der Waals surface area contributed by atoms with Gasteiger partial charge in [0.2, 0.25) is 0 Å². The lowest BCUT2D eigenvalue weighted by molar-refractivity contribution is 1.18. The highest BCUT2D eigenvalue weighted by atomic mass is 32.1. The van der Waals surface area contributed by atoms with Crippen LogP contribution in [0.2, 0.25) is 0 Å². The van der Waals surface area contributed by atoms with Crippen LogP contribution in [0, 0.1) is 0 Å². The van der Waals surface area contributed by atoms with Crippen molar-refractivity contribution in [2.24, 2.45) is 0 Å². The lowest BCUT2D eigenvalue weighted by Gasteiger charge is -2.15. The summed E-state index contributed by atoms with van der Waals surface area (Å²) in [6.07, 6.45) is 0. The van der Waals surface area contributed by atoms with Crippen LogP contribution in [-0.2, 0) is 0 Å². The minimum absolute atomic E-state index is 0.210. The van der Waals surface area contributed by atoms with Gasteiger partial charge in [-0.1, -0.05) is 139 Å². The Balaban J connectivity index is 1.27. The fraction of sp³-hybridized carbons (Fsp3) is 0. The monoisotopic (exact) mass is 776 g/mol. The van der Waals surface area contributed by atoms with Gasteiger partial charge in [-0.05, 0) is 94.3 Å². The highest BCUT2D eigenvalue weighted by Gasteiger charge is 2.20. The summed E-state index contributed by atoms with van der Waals surface area (Å²) in [5, 5.41) is -3.48. The molecule has 0 aliphatic heterocycles. The van der Waals surface area contributed by atoms with Crippen LogP contribution >= 0.6 is 11.3 Å². The Labute approximate surface area is 381 Å². The second kappa shape index (κ2) is 12.7. The van der Waals surface area contributed by atoms with Crippen LogP contribution in [0.15, 0.2) is 205 Å². The zero-order valence-electron chi connectivity index (χ0n) is 62.3. The maximum absolute atomic E-state index is 10.1. The van der Waals surface area contributed by atoms with Crippen LogP contribution in [0.4, 0.5) is 0 Å².